The number of sulfonamides is 1. The zero-order chi connectivity index (χ0) is 12.6. The molecular formula is C11H16ClNO2S2. The molecule has 1 saturated carbocycles. The summed E-state index contributed by atoms with van der Waals surface area (Å²) in [6.45, 7) is 1.97. The smallest absolute Gasteiger partial charge is 0.207 e. The predicted octanol–water partition coefficient (Wildman–Crippen LogP) is 2.91. The fourth-order valence-corrected chi connectivity index (χ4v) is 5.00. The molecule has 0 amide bonds. The van der Waals surface area contributed by atoms with Crippen LogP contribution in [0.15, 0.2) is 16.3 Å². The number of nitrogens with zero attached hydrogens (tertiary/aromatic N) is 1. The summed E-state index contributed by atoms with van der Waals surface area (Å²) in [6, 6.07) is 1.72. The minimum Gasteiger partial charge on any atom is -0.207 e. The molecule has 1 aromatic heterocycles. The van der Waals surface area contributed by atoms with Crippen molar-refractivity contribution in [2.75, 3.05) is 7.05 Å². The van der Waals surface area contributed by atoms with Gasteiger partial charge in [-0.2, -0.15) is 4.31 Å². The summed E-state index contributed by atoms with van der Waals surface area (Å²) in [6.07, 6.45) is 2.26. The Morgan fingerprint density at radius 1 is 1.59 bits per heavy atom. The van der Waals surface area contributed by atoms with Crippen molar-refractivity contribution >= 4 is 33.0 Å². The second kappa shape index (κ2) is 4.88. The number of rotatable bonds is 5. The van der Waals surface area contributed by atoms with Crippen LogP contribution in [0.3, 0.4) is 0 Å². The molecule has 0 saturated heterocycles. The minimum atomic E-state index is -3.38. The van der Waals surface area contributed by atoms with Gasteiger partial charge >= 0.3 is 0 Å². The van der Waals surface area contributed by atoms with E-state index in [1.54, 1.807) is 18.5 Å². The van der Waals surface area contributed by atoms with Crippen LogP contribution in [0, 0.1) is 5.92 Å². The van der Waals surface area contributed by atoms with E-state index in [1.807, 2.05) is 6.92 Å². The van der Waals surface area contributed by atoms with Crippen molar-refractivity contribution < 1.29 is 8.42 Å². The van der Waals surface area contributed by atoms with Crippen molar-refractivity contribution in [2.24, 2.45) is 5.92 Å². The summed E-state index contributed by atoms with van der Waals surface area (Å²) in [4.78, 5) is 1.09. The van der Waals surface area contributed by atoms with Gasteiger partial charge in [0.1, 0.15) is 0 Å². The van der Waals surface area contributed by atoms with Crippen LogP contribution >= 0.6 is 22.9 Å². The molecule has 1 aliphatic carbocycles. The fraction of sp³-hybridized carbons (Fsp3) is 0.636. The molecule has 1 heterocycles. The third-order valence-corrected chi connectivity index (χ3v) is 6.87. The second-order valence-electron chi connectivity index (χ2n) is 4.44. The zero-order valence-corrected chi connectivity index (χ0v) is 12.3. The standard InChI is InChI=1S/C11H16ClNO2S2/c1-8(9-3-4-9)13(2)17(14,15)11-5-6-16-10(11)7-12/h5-6,8-9H,3-4,7H2,1-2H3. The molecule has 0 aliphatic heterocycles. The largest absolute Gasteiger partial charge is 0.244 e. The zero-order valence-electron chi connectivity index (χ0n) is 9.89. The van der Waals surface area contributed by atoms with Crippen molar-refractivity contribution in [2.45, 2.75) is 36.6 Å². The lowest BCUT2D eigenvalue weighted by atomic mass is 10.2. The van der Waals surface area contributed by atoms with Crippen LogP contribution in [0.2, 0.25) is 0 Å². The van der Waals surface area contributed by atoms with Crippen molar-refractivity contribution in [3.8, 4) is 0 Å². The average molecular weight is 294 g/mol. The molecule has 0 aromatic carbocycles. The second-order valence-corrected chi connectivity index (χ2v) is 7.67. The molecule has 0 radical (unpaired) electrons. The summed E-state index contributed by atoms with van der Waals surface area (Å²) in [5.74, 6) is 0.769. The third kappa shape index (κ3) is 2.52. The third-order valence-electron chi connectivity index (χ3n) is 3.36. The SMILES string of the molecule is CC(C1CC1)N(C)S(=O)(=O)c1ccsc1CCl. The molecule has 0 N–H and O–H groups in total. The molecule has 1 fully saturated rings. The molecule has 1 atom stereocenters. The Morgan fingerprint density at radius 3 is 2.76 bits per heavy atom. The van der Waals surface area contributed by atoms with E-state index in [0.29, 0.717) is 10.8 Å². The molecule has 1 aliphatic rings. The summed E-state index contributed by atoms with van der Waals surface area (Å²) in [5, 5.41) is 1.78. The Kier molecular flexibility index (Phi) is 3.83. The Bertz CT molecular complexity index is 493. The fourth-order valence-electron chi connectivity index (χ4n) is 1.91. The molecular weight excluding hydrogens is 278 g/mol. The molecule has 96 valence electrons. The van der Waals surface area contributed by atoms with Crippen molar-refractivity contribution in [3.63, 3.8) is 0 Å². The van der Waals surface area contributed by atoms with Crippen molar-refractivity contribution in [1.29, 1.82) is 0 Å². The Morgan fingerprint density at radius 2 is 2.24 bits per heavy atom. The predicted molar refractivity (Wildman–Crippen MR) is 71.0 cm³/mol. The van der Waals surface area contributed by atoms with E-state index in [2.05, 4.69) is 0 Å². The van der Waals surface area contributed by atoms with E-state index in [4.69, 9.17) is 11.6 Å². The number of alkyl halides is 1. The van der Waals surface area contributed by atoms with E-state index in [0.717, 1.165) is 17.7 Å². The molecule has 0 bridgehead atoms. The molecule has 1 aromatic rings. The van der Waals surface area contributed by atoms with Gasteiger partial charge in [0, 0.05) is 18.0 Å². The van der Waals surface area contributed by atoms with Gasteiger partial charge < -0.3 is 0 Å². The Hall–Kier alpha value is -0.100. The van der Waals surface area contributed by atoms with Gasteiger partial charge in [-0.3, -0.25) is 0 Å². The van der Waals surface area contributed by atoms with Crippen LogP contribution in [0.4, 0.5) is 0 Å². The van der Waals surface area contributed by atoms with Gasteiger partial charge in [-0.15, -0.1) is 22.9 Å². The van der Waals surface area contributed by atoms with Gasteiger partial charge in [-0.25, -0.2) is 8.42 Å². The van der Waals surface area contributed by atoms with Gasteiger partial charge in [-0.1, -0.05) is 0 Å². The maximum atomic E-state index is 12.4. The lowest BCUT2D eigenvalue weighted by Gasteiger charge is -2.24. The minimum absolute atomic E-state index is 0.0723. The topological polar surface area (TPSA) is 37.4 Å². The number of hydrogen-bond acceptors (Lipinski definition) is 3. The highest BCUT2D eigenvalue weighted by Crippen LogP contribution is 2.37. The quantitative estimate of drug-likeness (QED) is 0.783. The normalized spacial score (nSPS) is 18.6. The van der Waals surface area contributed by atoms with E-state index in [-0.39, 0.29) is 11.9 Å². The lowest BCUT2D eigenvalue weighted by Crippen LogP contribution is -2.36. The maximum absolute atomic E-state index is 12.4. The average Bonchev–Trinajstić information content (AvgIpc) is 3.03. The highest BCUT2D eigenvalue weighted by Gasteiger charge is 2.36. The van der Waals surface area contributed by atoms with Crippen LogP contribution < -0.4 is 0 Å². The van der Waals surface area contributed by atoms with Gasteiger partial charge in [0.25, 0.3) is 0 Å². The molecule has 17 heavy (non-hydrogen) atoms. The molecule has 3 nitrogen and oxygen atoms in total. The number of hydrogen-bond donors (Lipinski definition) is 0. The summed E-state index contributed by atoms with van der Waals surface area (Å²) in [7, 11) is -1.72. The summed E-state index contributed by atoms with van der Waals surface area (Å²) >= 11 is 7.16. The van der Waals surface area contributed by atoms with Crippen LogP contribution in [0.5, 0.6) is 0 Å². The first-order valence-corrected chi connectivity index (χ1v) is 8.44. The van der Waals surface area contributed by atoms with Crippen LogP contribution in [0.25, 0.3) is 0 Å². The maximum Gasteiger partial charge on any atom is 0.244 e. The lowest BCUT2D eigenvalue weighted by molar-refractivity contribution is 0.357. The van der Waals surface area contributed by atoms with Crippen LogP contribution in [-0.2, 0) is 15.9 Å². The molecule has 2 rings (SSSR count). The highest BCUT2D eigenvalue weighted by atomic mass is 35.5. The monoisotopic (exact) mass is 293 g/mol. The van der Waals surface area contributed by atoms with Gasteiger partial charge in [-0.05, 0) is 37.1 Å². The number of thiophene rings is 1. The Labute approximate surface area is 111 Å². The highest BCUT2D eigenvalue weighted by molar-refractivity contribution is 7.89. The first kappa shape index (κ1) is 13.3. The van der Waals surface area contributed by atoms with Crippen LogP contribution in [0.1, 0.15) is 24.6 Å². The number of halogens is 1. The van der Waals surface area contributed by atoms with Crippen molar-refractivity contribution in [3.05, 3.63) is 16.3 Å². The van der Waals surface area contributed by atoms with Gasteiger partial charge in [0.2, 0.25) is 10.0 Å². The Balaban J connectivity index is 2.29. The summed E-state index contributed by atoms with van der Waals surface area (Å²) < 4.78 is 26.3. The van der Waals surface area contributed by atoms with E-state index < -0.39 is 10.0 Å². The first-order valence-electron chi connectivity index (χ1n) is 5.59. The van der Waals surface area contributed by atoms with E-state index >= 15 is 0 Å². The van der Waals surface area contributed by atoms with E-state index in [9.17, 15) is 8.42 Å². The van der Waals surface area contributed by atoms with E-state index in [1.165, 1.54) is 15.6 Å². The van der Waals surface area contributed by atoms with Crippen LogP contribution in [-0.4, -0.2) is 25.8 Å². The first-order chi connectivity index (χ1) is 7.98. The summed E-state index contributed by atoms with van der Waals surface area (Å²) in [5.41, 5.74) is 0. The van der Waals surface area contributed by atoms with Crippen molar-refractivity contribution in [1.82, 2.24) is 4.31 Å². The molecule has 6 heteroatoms. The van der Waals surface area contributed by atoms with Gasteiger partial charge in [0.15, 0.2) is 0 Å². The molecule has 1 unspecified atom stereocenters. The molecule has 0 spiro atoms. The van der Waals surface area contributed by atoms with Gasteiger partial charge in [0.05, 0.1) is 10.8 Å².